The Morgan fingerprint density at radius 2 is 2.10 bits per heavy atom. The number of nitrogens with zero attached hydrogens (tertiary/aromatic N) is 2. The van der Waals surface area contributed by atoms with Gasteiger partial charge in [-0.25, -0.2) is 0 Å². The quantitative estimate of drug-likeness (QED) is 0.789. The summed E-state index contributed by atoms with van der Waals surface area (Å²) in [6, 6.07) is 9.91. The minimum atomic E-state index is 0.0787. The first-order valence-electron chi connectivity index (χ1n) is 6.63. The van der Waals surface area contributed by atoms with E-state index in [2.05, 4.69) is 26.7 Å². The van der Waals surface area contributed by atoms with Crippen molar-refractivity contribution in [3.8, 4) is 5.75 Å². The minimum Gasteiger partial charge on any atom is -0.491 e. The summed E-state index contributed by atoms with van der Waals surface area (Å²) in [6.07, 6.45) is 0. The van der Waals surface area contributed by atoms with Gasteiger partial charge in [0, 0.05) is 18.2 Å². The molecule has 1 aromatic heterocycles. The average Bonchev–Trinajstić information content (AvgIpc) is 2.82. The van der Waals surface area contributed by atoms with Crippen LogP contribution in [0.4, 0.5) is 17.6 Å². The number of hydrogen-bond donors (Lipinski definition) is 3. The summed E-state index contributed by atoms with van der Waals surface area (Å²) in [4.78, 5) is 8.34. The number of nitrogens with one attached hydrogen (secondary N) is 2. The zero-order chi connectivity index (χ0) is 13.9. The molecule has 1 aliphatic heterocycles. The van der Waals surface area contributed by atoms with Crippen molar-refractivity contribution in [1.82, 2.24) is 9.97 Å². The largest absolute Gasteiger partial charge is 0.491 e. The van der Waals surface area contributed by atoms with E-state index in [0.29, 0.717) is 12.4 Å². The van der Waals surface area contributed by atoms with Crippen LogP contribution < -0.4 is 21.1 Å². The molecule has 2 aromatic rings. The summed E-state index contributed by atoms with van der Waals surface area (Å²) in [5.41, 5.74) is 6.86. The molecule has 0 saturated heterocycles. The van der Waals surface area contributed by atoms with Gasteiger partial charge in [-0.2, -0.15) is 9.97 Å². The van der Waals surface area contributed by atoms with E-state index in [1.807, 2.05) is 31.2 Å². The summed E-state index contributed by atoms with van der Waals surface area (Å²) in [5, 5.41) is 6.47. The predicted octanol–water partition coefficient (Wildman–Crippen LogP) is 2.04. The van der Waals surface area contributed by atoms with Gasteiger partial charge in [0.15, 0.2) is 0 Å². The van der Waals surface area contributed by atoms with Crippen LogP contribution in [-0.4, -0.2) is 23.1 Å². The van der Waals surface area contributed by atoms with Crippen LogP contribution in [0, 0.1) is 0 Å². The second kappa shape index (κ2) is 5.24. The highest BCUT2D eigenvalue weighted by Gasteiger charge is 2.23. The van der Waals surface area contributed by atoms with E-state index in [1.165, 1.54) is 0 Å². The lowest BCUT2D eigenvalue weighted by atomic mass is 10.1. The Hall–Kier alpha value is -2.50. The first-order valence-corrected chi connectivity index (χ1v) is 6.63. The van der Waals surface area contributed by atoms with E-state index in [4.69, 9.17) is 10.5 Å². The van der Waals surface area contributed by atoms with Gasteiger partial charge in [0.2, 0.25) is 5.95 Å². The van der Waals surface area contributed by atoms with E-state index in [9.17, 15) is 0 Å². The lowest BCUT2D eigenvalue weighted by Gasteiger charge is -2.13. The number of para-hydroxylation sites is 1. The lowest BCUT2D eigenvalue weighted by Crippen LogP contribution is -2.14. The molecule has 1 atom stereocenters. The molecule has 0 radical (unpaired) electrons. The molecule has 104 valence electrons. The number of nitrogens with two attached hydrogens (primary N) is 1. The lowest BCUT2D eigenvalue weighted by molar-refractivity contribution is 0.339. The molecule has 0 aliphatic carbocycles. The van der Waals surface area contributed by atoms with Crippen LogP contribution in [0.1, 0.15) is 18.5 Å². The fraction of sp³-hybridized carbons (Fsp3) is 0.286. The first kappa shape index (κ1) is 12.5. The Labute approximate surface area is 117 Å². The fourth-order valence-electron chi connectivity index (χ4n) is 2.27. The minimum absolute atomic E-state index is 0.0787. The Balaban J connectivity index is 1.82. The number of benzene rings is 1. The molecule has 0 bridgehead atoms. The van der Waals surface area contributed by atoms with Crippen LogP contribution in [0.15, 0.2) is 30.3 Å². The second-order valence-corrected chi connectivity index (χ2v) is 4.57. The third-order valence-corrected chi connectivity index (χ3v) is 3.12. The van der Waals surface area contributed by atoms with Crippen LogP contribution in [0.2, 0.25) is 0 Å². The van der Waals surface area contributed by atoms with Crippen molar-refractivity contribution in [2.24, 2.45) is 0 Å². The van der Waals surface area contributed by atoms with E-state index in [-0.39, 0.29) is 12.0 Å². The van der Waals surface area contributed by atoms with Gasteiger partial charge in [-0.05, 0) is 13.0 Å². The second-order valence-electron chi connectivity index (χ2n) is 4.57. The van der Waals surface area contributed by atoms with Crippen molar-refractivity contribution in [1.29, 1.82) is 0 Å². The monoisotopic (exact) mass is 271 g/mol. The summed E-state index contributed by atoms with van der Waals surface area (Å²) >= 11 is 0. The van der Waals surface area contributed by atoms with Crippen LogP contribution >= 0.6 is 0 Å². The van der Waals surface area contributed by atoms with Gasteiger partial charge in [-0.3, -0.25) is 0 Å². The molecule has 0 fully saturated rings. The predicted molar refractivity (Wildman–Crippen MR) is 78.9 cm³/mol. The van der Waals surface area contributed by atoms with E-state index in [1.54, 1.807) is 0 Å². The molecule has 20 heavy (non-hydrogen) atoms. The maximum absolute atomic E-state index is 5.73. The standard InChI is InChI=1S/C14H17N5O/c1-2-16-12-7-13(19-14(15)18-12)17-10-8-20-11-6-4-3-5-9(10)11/h3-7,10H,2,8H2,1H3,(H4,15,16,17,18,19). The van der Waals surface area contributed by atoms with Gasteiger partial charge >= 0.3 is 0 Å². The van der Waals surface area contributed by atoms with Crippen molar-refractivity contribution in [3.05, 3.63) is 35.9 Å². The smallest absolute Gasteiger partial charge is 0.223 e. The number of fused-ring (bicyclic) bond motifs is 1. The summed E-state index contributed by atoms with van der Waals surface area (Å²) in [5.74, 6) is 2.57. The molecule has 2 heterocycles. The van der Waals surface area contributed by atoms with Gasteiger partial charge in [-0.1, -0.05) is 18.2 Å². The van der Waals surface area contributed by atoms with E-state index in [0.717, 1.165) is 23.7 Å². The Kier molecular flexibility index (Phi) is 3.28. The van der Waals surface area contributed by atoms with Crippen molar-refractivity contribution >= 4 is 17.6 Å². The van der Waals surface area contributed by atoms with Crippen molar-refractivity contribution in [2.75, 3.05) is 29.5 Å². The maximum atomic E-state index is 5.73. The number of ether oxygens (including phenoxy) is 1. The van der Waals surface area contributed by atoms with Crippen molar-refractivity contribution in [3.63, 3.8) is 0 Å². The zero-order valence-corrected chi connectivity index (χ0v) is 11.3. The summed E-state index contributed by atoms with van der Waals surface area (Å²) < 4.78 is 5.64. The number of hydrogen-bond acceptors (Lipinski definition) is 6. The van der Waals surface area contributed by atoms with E-state index >= 15 is 0 Å². The highest BCUT2D eigenvalue weighted by molar-refractivity contribution is 5.53. The SMILES string of the molecule is CCNc1cc(NC2COc3ccccc32)nc(N)n1. The molecular formula is C14H17N5O. The fourth-order valence-corrected chi connectivity index (χ4v) is 2.27. The Morgan fingerprint density at radius 3 is 2.95 bits per heavy atom. The molecular weight excluding hydrogens is 254 g/mol. The molecule has 6 heteroatoms. The van der Waals surface area contributed by atoms with Crippen LogP contribution in [0.25, 0.3) is 0 Å². The molecule has 6 nitrogen and oxygen atoms in total. The molecule has 4 N–H and O–H groups in total. The third-order valence-electron chi connectivity index (χ3n) is 3.12. The van der Waals surface area contributed by atoms with Crippen LogP contribution in [0.5, 0.6) is 5.75 Å². The van der Waals surface area contributed by atoms with Gasteiger partial charge in [0.1, 0.15) is 24.0 Å². The van der Waals surface area contributed by atoms with Crippen LogP contribution in [-0.2, 0) is 0 Å². The normalized spacial score (nSPS) is 16.4. The first-order chi connectivity index (χ1) is 9.76. The number of rotatable bonds is 4. The van der Waals surface area contributed by atoms with E-state index < -0.39 is 0 Å². The van der Waals surface area contributed by atoms with Crippen molar-refractivity contribution in [2.45, 2.75) is 13.0 Å². The zero-order valence-electron chi connectivity index (χ0n) is 11.3. The average molecular weight is 271 g/mol. The van der Waals surface area contributed by atoms with Crippen LogP contribution in [0.3, 0.4) is 0 Å². The topological polar surface area (TPSA) is 85.1 Å². The number of anilines is 3. The van der Waals surface area contributed by atoms with Gasteiger partial charge in [0.05, 0.1) is 6.04 Å². The molecule has 3 rings (SSSR count). The molecule has 1 unspecified atom stereocenters. The highest BCUT2D eigenvalue weighted by Crippen LogP contribution is 2.33. The summed E-state index contributed by atoms with van der Waals surface area (Å²) in [6.45, 7) is 3.37. The Bertz CT molecular complexity index is 616. The number of nitrogen functional groups attached to an aromatic ring is 1. The Morgan fingerprint density at radius 1 is 1.30 bits per heavy atom. The van der Waals surface area contributed by atoms with Gasteiger partial charge in [0.25, 0.3) is 0 Å². The molecule has 1 aliphatic rings. The van der Waals surface area contributed by atoms with Crippen molar-refractivity contribution < 1.29 is 4.74 Å². The van der Waals surface area contributed by atoms with Gasteiger partial charge < -0.3 is 21.1 Å². The molecule has 0 amide bonds. The number of aromatic nitrogens is 2. The molecule has 0 spiro atoms. The summed E-state index contributed by atoms with van der Waals surface area (Å²) in [7, 11) is 0. The van der Waals surface area contributed by atoms with Gasteiger partial charge in [-0.15, -0.1) is 0 Å². The highest BCUT2D eigenvalue weighted by atomic mass is 16.5. The third kappa shape index (κ3) is 2.45. The molecule has 0 saturated carbocycles. The maximum Gasteiger partial charge on any atom is 0.223 e. The molecule has 1 aromatic carbocycles.